The number of rotatable bonds is 5. The van der Waals surface area contributed by atoms with E-state index in [4.69, 9.17) is 0 Å². The van der Waals surface area contributed by atoms with Gasteiger partial charge in [0.25, 0.3) is 0 Å². The zero-order valence-electron chi connectivity index (χ0n) is 21.0. The third-order valence-corrected chi connectivity index (χ3v) is 10.8. The Labute approximate surface area is 191 Å². The molecule has 4 aliphatic rings. The minimum absolute atomic E-state index is 0.164. The lowest BCUT2D eigenvalue weighted by molar-refractivity contribution is -0.116. The molecule has 0 bridgehead atoms. The van der Waals surface area contributed by atoms with Gasteiger partial charge >= 0.3 is 0 Å². The second kappa shape index (κ2) is 8.15. The first-order chi connectivity index (χ1) is 14.5. The van der Waals surface area contributed by atoms with Crippen molar-refractivity contribution in [3.63, 3.8) is 0 Å². The van der Waals surface area contributed by atoms with E-state index in [1.165, 1.54) is 25.7 Å². The molecule has 31 heavy (non-hydrogen) atoms. The van der Waals surface area contributed by atoms with Crippen LogP contribution in [-0.4, -0.2) is 17.0 Å². The number of ketones is 1. The summed E-state index contributed by atoms with van der Waals surface area (Å²) in [5.74, 6) is 3.97. The summed E-state index contributed by atoms with van der Waals surface area (Å²) < 4.78 is 0. The van der Waals surface area contributed by atoms with Gasteiger partial charge in [-0.25, -0.2) is 0 Å². The van der Waals surface area contributed by atoms with Crippen LogP contribution in [0, 0.1) is 46.3 Å². The molecule has 0 aromatic rings. The Morgan fingerprint density at radius 2 is 1.74 bits per heavy atom. The molecule has 4 aliphatic carbocycles. The second-order valence-electron chi connectivity index (χ2n) is 12.6. The predicted molar refractivity (Wildman–Crippen MR) is 129 cm³/mol. The normalized spacial score (nSPS) is 42.3. The summed E-state index contributed by atoms with van der Waals surface area (Å²) in [6.45, 7) is 18.8. The maximum atomic E-state index is 13.5. The van der Waals surface area contributed by atoms with Crippen LogP contribution in [0.3, 0.4) is 0 Å². The summed E-state index contributed by atoms with van der Waals surface area (Å²) in [6, 6.07) is 0. The van der Waals surface area contributed by atoms with Crippen LogP contribution < -0.4 is 0 Å². The van der Waals surface area contributed by atoms with E-state index >= 15 is 0 Å². The molecule has 0 aromatic carbocycles. The Hall–Kier alpha value is -0.890. The molecule has 0 heterocycles. The molecule has 0 saturated heterocycles. The zero-order chi connectivity index (χ0) is 22.7. The van der Waals surface area contributed by atoms with E-state index in [0.717, 1.165) is 48.7 Å². The summed E-state index contributed by atoms with van der Waals surface area (Å²) in [4.78, 5) is 13.5. The highest BCUT2D eigenvalue weighted by Crippen LogP contribution is 2.68. The van der Waals surface area contributed by atoms with Crippen molar-refractivity contribution in [1.29, 1.82) is 0 Å². The van der Waals surface area contributed by atoms with E-state index < -0.39 is 0 Å². The molecule has 8 atom stereocenters. The van der Waals surface area contributed by atoms with Crippen LogP contribution in [0.1, 0.15) is 99.3 Å². The van der Waals surface area contributed by atoms with Gasteiger partial charge in [-0.3, -0.25) is 4.79 Å². The summed E-state index contributed by atoms with van der Waals surface area (Å²) in [6.07, 6.45) is 9.14. The van der Waals surface area contributed by atoms with E-state index in [1.54, 1.807) is 5.57 Å². The fraction of sp³-hybridized carbons (Fsp3) is 0.828. The van der Waals surface area contributed by atoms with Gasteiger partial charge in [0.15, 0.2) is 5.78 Å². The summed E-state index contributed by atoms with van der Waals surface area (Å²) in [5, 5.41) is 10.5. The number of aliphatic hydroxyl groups is 1. The Morgan fingerprint density at radius 1 is 1.03 bits per heavy atom. The minimum Gasteiger partial charge on any atom is -0.389 e. The molecule has 0 spiro atoms. The molecule has 2 nitrogen and oxygen atoms in total. The van der Waals surface area contributed by atoms with Crippen molar-refractivity contribution in [2.45, 2.75) is 105 Å². The number of hydrogen-bond acceptors (Lipinski definition) is 2. The molecule has 2 heteroatoms. The molecular formula is C29H46O2. The maximum absolute atomic E-state index is 13.5. The number of carbonyl (C=O) groups excluding carboxylic acids is 1. The van der Waals surface area contributed by atoms with E-state index in [9.17, 15) is 9.90 Å². The number of aliphatic hydroxyl groups excluding tert-OH is 1. The van der Waals surface area contributed by atoms with Gasteiger partial charge < -0.3 is 5.11 Å². The number of hydrogen-bond donors (Lipinski definition) is 1. The molecule has 0 amide bonds. The lowest BCUT2D eigenvalue weighted by atomic mass is 9.51. The van der Waals surface area contributed by atoms with Crippen LogP contribution in [0.5, 0.6) is 0 Å². The largest absolute Gasteiger partial charge is 0.389 e. The summed E-state index contributed by atoms with van der Waals surface area (Å²) >= 11 is 0. The molecule has 1 N–H and O–H groups in total. The molecule has 2 saturated carbocycles. The Morgan fingerprint density at radius 3 is 2.42 bits per heavy atom. The molecular weight excluding hydrogens is 380 g/mol. The molecule has 0 radical (unpaired) electrons. The van der Waals surface area contributed by atoms with E-state index in [1.807, 2.05) is 0 Å². The highest BCUT2D eigenvalue weighted by molar-refractivity contribution is 5.97. The quantitative estimate of drug-likeness (QED) is 0.475. The molecule has 2 fully saturated rings. The van der Waals surface area contributed by atoms with Gasteiger partial charge in [-0.15, -0.1) is 0 Å². The van der Waals surface area contributed by atoms with Crippen molar-refractivity contribution >= 4 is 5.78 Å². The minimum atomic E-state index is -0.385. The third-order valence-electron chi connectivity index (χ3n) is 10.8. The topological polar surface area (TPSA) is 37.3 Å². The van der Waals surface area contributed by atoms with Gasteiger partial charge in [-0.05, 0) is 96.0 Å². The van der Waals surface area contributed by atoms with E-state index in [-0.39, 0.29) is 22.9 Å². The second-order valence-corrected chi connectivity index (χ2v) is 12.6. The first-order valence-electron chi connectivity index (χ1n) is 13.1. The molecule has 0 aliphatic heterocycles. The van der Waals surface area contributed by atoms with Crippen molar-refractivity contribution in [3.8, 4) is 0 Å². The summed E-state index contributed by atoms with van der Waals surface area (Å²) in [7, 11) is 0. The number of Topliss-reactive ketones (excluding diaryl/α,β-unsaturated/α-hetero) is 1. The maximum Gasteiger partial charge on any atom is 0.158 e. The van der Waals surface area contributed by atoms with Crippen LogP contribution in [0.4, 0.5) is 0 Å². The first kappa shape index (κ1) is 23.3. The average molecular weight is 427 g/mol. The Balaban J connectivity index is 1.68. The third kappa shape index (κ3) is 3.60. The van der Waals surface area contributed by atoms with Gasteiger partial charge in [0.2, 0.25) is 0 Å². The van der Waals surface area contributed by atoms with Crippen molar-refractivity contribution in [3.05, 3.63) is 23.3 Å². The average Bonchev–Trinajstić information content (AvgIpc) is 3.03. The fourth-order valence-corrected chi connectivity index (χ4v) is 8.27. The van der Waals surface area contributed by atoms with Crippen molar-refractivity contribution in [1.82, 2.24) is 0 Å². The van der Waals surface area contributed by atoms with Crippen LogP contribution >= 0.6 is 0 Å². The SMILES string of the molecule is C=C1[C@@H](O)CC[C@@]2(C)[C@H]1CC1=C3[C@@H]2CC[C@]3(C)[C@@H]([C@H](C)CC[C@@H](C)C(C)C)CCC1=O. The molecule has 0 aromatic heterocycles. The van der Waals surface area contributed by atoms with Crippen molar-refractivity contribution < 1.29 is 9.90 Å². The van der Waals surface area contributed by atoms with Gasteiger partial charge in [0, 0.05) is 6.42 Å². The van der Waals surface area contributed by atoms with Gasteiger partial charge in [0.05, 0.1) is 6.10 Å². The summed E-state index contributed by atoms with van der Waals surface area (Å²) in [5.41, 5.74) is 4.06. The van der Waals surface area contributed by atoms with Crippen LogP contribution in [-0.2, 0) is 4.79 Å². The molecule has 0 unspecified atom stereocenters. The predicted octanol–water partition coefficient (Wildman–Crippen LogP) is 7.12. The number of fused-ring (bicyclic) bond motifs is 2. The van der Waals surface area contributed by atoms with Crippen LogP contribution in [0.2, 0.25) is 0 Å². The first-order valence-corrected chi connectivity index (χ1v) is 13.1. The smallest absolute Gasteiger partial charge is 0.158 e. The number of carbonyl (C=O) groups is 1. The van der Waals surface area contributed by atoms with Crippen molar-refractivity contribution in [2.24, 2.45) is 46.3 Å². The number of allylic oxidation sites excluding steroid dienone is 2. The van der Waals surface area contributed by atoms with E-state index in [0.29, 0.717) is 30.0 Å². The van der Waals surface area contributed by atoms with Gasteiger partial charge in [-0.1, -0.05) is 66.5 Å². The van der Waals surface area contributed by atoms with Gasteiger partial charge in [0.1, 0.15) is 0 Å². The van der Waals surface area contributed by atoms with Crippen LogP contribution in [0.25, 0.3) is 0 Å². The Bertz CT molecular complexity index is 776. The fourth-order valence-electron chi connectivity index (χ4n) is 8.27. The highest BCUT2D eigenvalue weighted by atomic mass is 16.3. The lowest BCUT2D eigenvalue weighted by Crippen LogP contribution is -2.47. The van der Waals surface area contributed by atoms with Crippen LogP contribution in [0.15, 0.2) is 23.3 Å². The monoisotopic (exact) mass is 426 g/mol. The van der Waals surface area contributed by atoms with Gasteiger partial charge in [-0.2, -0.15) is 0 Å². The lowest BCUT2D eigenvalue weighted by Gasteiger charge is -2.54. The molecule has 4 rings (SSSR count). The van der Waals surface area contributed by atoms with E-state index in [2.05, 4.69) is 48.1 Å². The standard InChI is InChI=1S/C29H46O2/c1-17(2)18(3)8-9-19(4)22-10-11-26(31)21-16-24-20(5)25(30)13-15-28(24,6)23-12-14-29(22,7)27(21)23/h17-19,22-25,30H,5,8-16H2,1-4,6-7H3/t18-,19-,22-,23+,24+,25+,28-,29-/m1/s1. The van der Waals surface area contributed by atoms with Crippen molar-refractivity contribution in [2.75, 3.05) is 0 Å². The Kier molecular flexibility index (Phi) is 6.12. The highest BCUT2D eigenvalue weighted by Gasteiger charge is 2.60. The molecule has 174 valence electrons. The zero-order valence-corrected chi connectivity index (χ0v) is 21.0.